The van der Waals surface area contributed by atoms with E-state index in [2.05, 4.69) is 5.32 Å². The summed E-state index contributed by atoms with van der Waals surface area (Å²) in [6.45, 7) is 1.80. The Morgan fingerprint density at radius 3 is 2.50 bits per heavy atom. The zero-order valence-corrected chi connectivity index (χ0v) is 17.6. The predicted molar refractivity (Wildman–Crippen MR) is 118 cm³/mol. The van der Waals surface area contributed by atoms with Gasteiger partial charge in [0.25, 0.3) is 5.91 Å². The quantitative estimate of drug-likeness (QED) is 0.199. The van der Waals surface area contributed by atoms with Crippen LogP contribution in [-0.4, -0.2) is 10.8 Å². The Hall–Kier alpha value is -4.65. The first-order valence-electron chi connectivity index (χ1n) is 9.71. The number of ether oxygens (including phenoxy) is 1. The molecule has 0 fully saturated rings. The molecular formula is C24H16F3N3O4. The highest BCUT2D eigenvalue weighted by atomic mass is 19.4. The van der Waals surface area contributed by atoms with Crippen LogP contribution < -0.4 is 10.1 Å². The number of halogens is 3. The lowest BCUT2D eigenvalue weighted by atomic mass is 10.1. The number of nitro groups is 1. The maximum atomic E-state index is 12.9. The first-order chi connectivity index (χ1) is 16.1. The summed E-state index contributed by atoms with van der Waals surface area (Å²) in [6.07, 6.45) is -3.46. The van der Waals surface area contributed by atoms with Crippen molar-refractivity contribution in [2.75, 3.05) is 5.32 Å². The normalized spacial score (nSPS) is 11.4. The van der Waals surface area contributed by atoms with Crippen molar-refractivity contribution < 1.29 is 27.6 Å². The fourth-order valence-corrected chi connectivity index (χ4v) is 2.94. The number of para-hydroxylation sites is 1. The zero-order valence-electron chi connectivity index (χ0n) is 17.6. The monoisotopic (exact) mass is 467 g/mol. The maximum absolute atomic E-state index is 12.9. The van der Waals surface area contributed by atoms with Crippen LogP contribution in [0.1, 0.15) is 16.7 Å². The molecule has 0 spiro atoms. The minimum atomic E-state index is -4.75. The number of alkyl halides is 3. The fraction of sp³-hybridized carbons (Fsp3) is 0.0833. The van der Waals surface area contributed by atoms with Crippen molar-refractivity contribution >= 4 is 23.4 Å². The van der Waals surface area contributed by atoms with E-state index in [4.69, 9.17) is 4.74 Å². The summed E-state index contributed by atoms with van der Waals surface area (Å²) in [5.41, 5.74) is -0.529. The van der Waals surface area contributed by atoms with Crippen LogP contribution in [0.25, 0.3) is 6.08 Å². The van der Waals surface area contributed by atoms with E-state index in [1.807, 2.05) is 6.07 Å². The van der Waals surface area contributed by atoms with Crippen LogP contribution in [-0.2, 0) is 11.0 Å². The van der Waals surface area contributed by atoms with Crippen LogP contribution >= 0.6 is 0 Å². The Balaban J connectivity index is 1.86. The number of rotatable bonds is 6. The molecule has 0 radical (unpaired) electrons. The molecule has 0 aromatic heterocycles. The van der Waals surface area contributed by atoms with Crippen LogP contribution in [0.4, 0.5) is 24.5 Å². The van der Waals surface area contributed by atoms with Gasteiger partial charge in [0.1, 0.15) is 17.4 Å². The highest BCUT2D eigenvalue weighted by molar-refractivity contribution is 6.09. The number of aryl methyl sites for hydroxylation is 1. The lowest BCUT2D eigenvalue weighted by Gasteiger charge is -2.10. The predicted octanol–water partition coefficient (Wildman–Crippen LogP) is 6.26. The summed E-state index contributed by atoms with van der Waals surface area (Å²) < 4.78 is 44.1. The number of hydrogen-bond acceptors (Lipinski definition) is 5. The number of carbonyl (C=O) groups excluding carboxylic acids is 1. The third kappa shape index (κ3) is 5.77. The topological polar surface area (TPSA) is 105 Å². The second kappa shape index (κ2) is 9.87. The number of amides is 1. The van der Waals surface area contributed by atoms with Crippen molar-refractivity contribution in [3.63, 3.8) is 0 Å². The lowest BCUT2D eigenvalue weighted by Crippen LogP contribution is -2.14. The van der Waals surface area contributed by atoms with Gasteiger partial charge in [0.05, 0.1) is 10.5 Å². The Labute approximate surface area is 191 Å². The van der Waals surface area contributed by atoms with Crippen molar-refractivity contribution in [1.82, 2.24) is 0 Å². The smallest absolute Gasteiger partial charge is 0.416 e. The van der Waals surface area contributed by atoms with Gasteiger partial charge in [-0.05, 0) is 54.5 Å². The van der Waals surface area contributed by atoms with E-state index in [9.17, 15) is 33.3 Å². The first-order valence-corrected chi connectivity index (χ1v) is 9.71. The van der Waals surface area contributed by atoms with Gasteiger partial charge in [-0.25, -0.2) is 0 Å². The number of nitrogens with one attached hydrogen (secondary N) is 1. The summed E-state index contributed by atoms with van der Waals surface area (Å²) in [5.74, 6) is -0.966. The molecule has 10 heteroatoms. The van der Waals surface area contributed by atoms with Gasteiger partial charge < -0.3 is 10.1 Å². The summed E-state index contributed by atoms with van der Waals surface area (Å²) in [5, 5.41) is 23.3. The molecule has 1 amide bonds. The van der Waals surface area contributed by atoms with E-state index in [0.29, 0.717) is 23.4 Å². The maximum Gasteiger partial charge on any atom is 0.416 e. The van der Waals surface area contributed by atoms with Crippen LogP contribution in [0.2, 0.25) is 0 Å². The Bertz CT molecular complexity index is 1330. The minimum absolute atomic E-state index is 0.0632. The molecule has 0 atom stereocenters. The van der Waals surface area contributed by atoms with Crippen molar-refractivity contribution in [3.05, 3.63) is 99.1 Å². The summed E-state index contributed by atoms with van der Waals surface area (Å²) in [7, 11) is 0. The molecule has 0 aliphatic heterocycles. The van der Waals surface area contributed by atoms with E-state index in [1.165, 1.54) is 24.3 Å². The molecule has 7 nitrogen and oxygen atoms in total. The van der Waals surface area contributed by atoms with Gasteiger partial charge in [0, 0.05) is 11.8 Å². The summed E-state index contributed by atoms with van der Waals surface area (Å²) in [4.78, 5) is 22.8. The van der Waals surface area contributed by atoms with Crippen molar-refractivity contribution in [1.29, 1.82) is 5.26 Å². The van der Waals surface area contributed by atoms with Crippen LogP contribution in [0.5, 0.6) is 11.5 Å². The standard InChI is InChI=1S/C24H16F3N3O4/c1-15-5-2-3-8-20(15)29-23(31)17(14-28)11-16-6-4-7-19(12-16)34-22-10-9-18(24(25,26)27)13-21(22)30(32)33/h2-13H,1H3,(H,29,31)/b17-11+. The minimum Gasteiger partial charge on any atom is -0.450 e. The van der Waals surface area contributed by atoms with Gasteiger partial charge in [-0.1, -0.05) is 30.3 Å². The van der Waals surface area contributed by atoms with E-state index in [1.54, 1.807) is 37.3 Å². The molecule has 0 bridgehead atoms. The number of carbonyl (C=O) groups is 1. The number of nitrogens with zero attached hydrogens (tertiary/aromatic N) is 2. The van der Waals surface area contributed by atoms with Gasteiger partial charge in [0.2, 0.25) is 5.75 Å². The van der Waals surface area contributed by atoms with Crippen molar-refractivity contribution in [3.8, 4) is 17.6 Å². The Morgan fingerprint density at radius 2 is 1.85 bits per heavy atom. The average Bonchev–Trinajstić information content (AvgIpc) is 2.78. The molecule has 1 N–H and O–H groups in total. The number of nitro benzene ring substituents is 1. The molecule has 3 aromatic carbocycles. The molecule has 172 valence electrons. The molecule has 34 heavy (non-hydrogen) atoms. The summed E-state index contributed by atoms with van der Waals surface area (Å²) in [6, 6.07) is 16.7. The van der Waals surface area contributed by atoms with E-state index in [0.717, 1.165) is 11.6 Å². The fourth-order valence-electron chi connectivity index (χ4n) is 2.94. The van der Waals surface area contributed by atoms with E-state index < -0.39 is 34.0 Å². The second-order valence-electron chi connectivity index (χ2n) is 7.05. The Kier molecular flexibility index (Phi) is 6.97. The molecule has 3 aromatic rings. The zero-order chi connectivity index (χ0) is 24.9. The molecule has 0 unspecified atom stereocenters. The van der Waals surface area contributed by atoms with Gasteiger partial charge >= 0.3 is 11.9 Å². The lowest BCUT2D eigenvalue weighted by molar-refractivity contribution is -0.385. The summed E-state index contributed by atoms with van der Waals surface area (Å²) >= 11 is 0. The number of anilines is 1. The van der Waals surface area contributed by atoms with Crippen LogP contribution in [0, 0.1) is 28.4 Å². The second-order valence-corrected chi connectivity index (χ2v) is 7.05. The molecular weight excluding hydrogens is 451 g/mol. The van der Waals surface area contributed by atoms with Crippen molar-refractivity contribution in [2.45, 2.75) is 13.1 Å². The Morgan fingerprint density at radius 1 is 1.12 bits per heavy atom. The van der Waals surface area contributed by atoms with Crippen molar-refractivity contribution in [2.24, 2.45) is 0 Å². The molecule has 0 heterocycles. The van der Waals surface area contributed by atoms with E-state index in [-0.39, 0.29) is 11.3 Å². The molecule has 3 rings (SSSR count). The molecule has 0 aliphatic carbocycles. The van der Waals surface area contributed by atoms with E-state index >= 15 is 0 Å². The largest absolute Gasteiger partial charge is 0.450 e. The number of benzene rings is 3. The van der Waals surface area contributed by atoms with Gasteiger partial charge in [-0.2, -0.15) is 18.4 Å². The highest BCUT2D eigenvalue weighted by Crippen LogP contribution is 2.38. The highest BCUT2D eigenvalue weighted by Gasteiger charge is 2.33. The number of hydrogen-bond donors (Lipinski definition) is 1. The SMILES string of the molecule is Cc1ccccc1NC(=O)/C(C#N)=C/c1cccc(Oc2ccc(C(F)(F)F)cc2[N+](=O)[O-])c1. The average molecular weight is 467 g/mol. The molecule has 0 aliphatic rings. The third-order valence-electron chi connectivity index (χ3n) is 4.64. The van der Waals surface area contributed by atoms with Gasteiger partial charge in [-0.3, -0.25) is 14.9 Å². The van der Waals surface area contributed by atoms with Crippen LogP contribution in [0.3, 0.4) is 0 Å². The van der Waals surface area contributed by atoms with Crippen LogP contribution in [0.15, 0.2) is 72.3 Å². The third-order valence-corrected chi connectivity index (χ3v) is 4.64. The number of nitriles is 1. The molecule has 0 saturated carbocycles. The van der Waals surface area contributed by atoms with Gasteiger partial charge in [0.15, 0.2) is 0 Å². The van der Waals surface area contributed by atoms with Gasteiger partial charge in [-0.15, -0.1) is 0 Å². The first kappa shape index (κ1) is 24.0. The molecule has 0 saturated heterocycles.